The molecule has 0 fully saturated rings. The summed E-state index contributed by atoms with van der Waals surface area (Å²) in [6.07, 6.45) is 2.02. The van der Waals surface area contributed by atoms with Gasteiger partial charge in [-0.25, -0.2) is 13.2 Å². The van der Waals surface area contributed by atoms with E-state index in [9.17, 15) is 22.8 Å². The molecular weight excluding hydrogens is 309 g/mol. The van der Waals surface area contributed by atoms with Gasteiger partial charge in [0.15, 0.2) is 17.5 Å². The predicted molar refractivity (Wildman–Crippen MR) is 81.2 cm³/mol. The van der Waals surface area contributed by atoms with E-state index in [2.05, 4.69) is 5.32 Å². The number of halogens is 3. The minimum Gasteiger partial charge on any atom is -0.330 e. The van der Waals surface area contributed by atoms with Gasteiger partial charge in [-0.3, -0.25) is 9.59 Å². The van der Waals surface area contributed by atoms with Crippen molar-refractivity contribution in [2.45, 2.75) is 27.2 Å². The number of hydrogen-bond donors (Lipinski definition) is 1. The highest BCUT2D eigenvalue weighted by atomic mass is 19.2. The molecule has 1 aromatic rings. The van der Waals surface area contributed by atoms with Crippen molar-refractivity contribution < 1.29 is 22.8 Å². The number of carbonyl (C=O) groups excluding carboxylic acids is 2. The van der Waals surface area contributed by atoms with Gasteiger partial charge in [0.05, 0.1) is 5.69 Å². The van der Waals surface area contributed by atoms with Gasteiger partial charge in [-0.15, -0.1) is 0 Å². The van der Waals surface area contributed by atoms with Crippen molar-refractivity contribution in [3.8, 4) is 0 Å². The highest BCUT2D eigenvalue weighted by molar-refractivity contribution is 5.96. The van der Waals surface area contributed by atoms with Gasteiger partial charge in [0.1, 0.15) is 6.54 Å². The Morgan fingerprint density at radius 1 is 1.17 bits per heavy atom. The molecule has 0 aliphatic heterocycles. The third-order valence-electron chi connectivity index (χ3n) is 2.86. The molecule has 0 saturated heterocycles. The van der Waals surface area contributed by atoms with Gasteiger partial charge < -0.3 is 10.2 Å². The molecule has 0 bridgehead atoms. The summed E-state index contributed by atoms with van der Waals surface area (Å²) in [6, 6.07) is 1.64. The molecule has 1 N–H and O–H groups in total. The Morgan fingerprint density at radius 2 is 1.83 bits per heavy atom. The van der Waals surface area contributed by atoms with Crippen molar-refractivity contribution in [2.24, 2.45) is 0 Å². The Kier molecular flexibility index (Phi) is 6.81. The maximum atomic E-state index is 13.5. The Labute approximate surface area is 133 Å². The van der Waals surface area contributed by atoms with E-state index in [0.717, 1.165) is 11.6 Å². The minimum atomic E-state index is -1.66. The van der Waals surface area contributed by atoms with Crippen LogP contribution in [0.25, 0.3) is 0 Å². The molecule has 0 spiro atoms. The van der Waals surface area contributed by atoms with Crippen LogP contribution in [0.4, 0.5) is 18.9 Å². The standard InChI is InChI=1S/C16H19F3N2O2/c1-4-7-21(14(23)8-10(2)3)9-13(22)20-12-6-5-11(17)15(18)16(12)19/h5-6,8H,4,7,9H2,1-3H3,(H,20,22). The molecule has 0 aliphatic rings. The van der Waals surface area contributed by atoms with E-state index < -0.39 is 29.0 Å². The topological polar surface area (TPSA) is 49.4 Å². The van der Waals surface area contributed by atoms with E-state index in [1.807, 2.05) is 6.92 Å². The van der Waals surface area contributed by atoms with Crippen molar-refractivity contribution >= 4 is 17.5 Å². The van der Waals surface area contributed by atoms with Gasteiger partial charge in [0.25, 0.3) is 0 Å². The molecule has 2 amide bonds. The first-order valence-corrected chi connectivity index (χ1v) is 7.13. The summed E-state index contributed by atoms with van der Waals surface area (Å²) in [5, 5.41) is 2.14. The van der Waals surface area contributed by atoms with Crippen molar-refractivity contribution in [3.63, 3.8) is 0 Å². The zero-order valence-electron chi connectivity index (χ0n) is 13.3. The van der Waals surface area contributed by atoms with Crippen LogP contribution in [0.15, 0.2) is 23.8 Å². The second-order valence-corrected chi connectivity index (χ2v) is 5.25. The number of benzene rings is 1. The van der Waals surface area contributed by atoms with Crippen LogP contribution in [0.2, 0.25) is 0 Å². The average Bonchev–Trinajstić information content (AvgIpc) is 2.47. The smallest absolute Gasteiger partial charge is 0.246 e. The van der Waals surface area contributed by atoms with Gasteiger partial charge in [0, 0.05) is 12.6 Å². The zero-order valence-corrected chi connectivity index (χ0v) is 13.3. The molecule has 0 heterocycles. The minimum absolute atomic E-state index is 0.311. The van der Waals surface area contributed by atoms with Gasteiger partial charge in [-0.2, -0.15) is 0 Å². The van der Waals surface area contributed by atoms with Crippen molar-refractivity contribution in [1.29, 1.82) is 0 Å². The molecule has 4 nitrogen and oxygen atoms in total. The summed E-state index contributed by atoms with van der Waals surface area (Å²) >= 11 is 0. The molecule has 0 unspecified atom stereocenters. The molecule has 0 atom stereocenters. The highest BCUT2D eigenvalue weighted by Gasteiger charge is 2.18. The number of nitrogens with one attached hydrogen (secondary N) is 1. The average molecular weight is 328 g/mol. The number of allylic oxidation sites excluding steroid dienone is 1. The lowest BCUT2D eigenvalue weighted by Crippen LogP contribution is -2.37. The summed E-state index contributed by atoms with van der Waals surface area (Å²) in [4.78, 5) is 25.2. The molecule has 0 saturated carbocycles. The first-order chi connectivity index (χ1) is 10.8. The maximum absolute atomic E-state index is 13.5. The van der Waals surface area contributed by atoms with Crippen LogP contribution in [-0.2, 0) is 9.59 Å². The molecule has 1 rings (SSSR count). The monoisotopic (exact) mass is 328 g/mol. The van der Waals surface area contributed by atoms with Crippen LogP contribution < -0.4 is 5.32 Å². The Balaban J connectivity index is 2.82. The predicted octanol–water partition coefficient (Wildman–Crippen LogP) is 3.25. The summed E-state index contributed by atoms with van der Waals surface area (Å²) < 4.78 is 39.5. The number of hydrogen-bond acceptors (Lipinski definition) is 2. The Bertz CT molecular complexity index is 626. The lowest BCUT2D eigenvalue weighted by molar-refractivity contribution is -0.130. The van der Waals surface area contributed by atoms with Crippen LogP contribution in [0.5, 0.6) is 0 Å². The van der Waals surface area contributed by atoms with Crippen LogP contribution in [-0.4, -0.2) is 29.8 Å². The van der Waals surface area contributed by atoms with Gasteiger partial charge >= 0.3 is 0 Å². The highest BCUT2D eigenvalue weighted by Crippen LogP contribution is 2.19. The van der Waals surface area contributed by atoms with Crippen LogP contribution in [0.1, 0.15) is 27.2 Å². The molecular formula is C16H19F3N2O2. The number of rotatable bonds is 6. The third-order valence-corrected chi connectivity index (χ3v) is 2.86. The molecule has 126 valence electrons. The summed E-state index contributed by atoms with van der Waals surface area (Å²) in [6.45, 7) is 5.37. The fourth-order valence-corrected chi connectivity index (χ4v) is 1.86. The first kappa shape index (κ1) is 18.7. The van der Waals surface area contributed by atoms with Gasteiger partial charge in [-0.1, -0.05) is 12.5 Å². The molecule has 0 radical (unpaired) electrons. The lowest BCUT2D eigenvalue weighted by atomic mass is 10.2. The maximum Gasteiger partial charge on any atom is 0.246 e. The number of nitrogens with zero attached hydrogens (tertiary/aromatic N) is 1. The Morgan fingerprint density at radius 3 is 2.39 bits per heavy atom. The Hall–Kier alpha value is -2.31. The molecule has 0 aliphatic carbocycles. The zero-order chi connectivity index (χ0) is 17.6. The van der Waals surface area contributed by atoms with E-state index in [1.54, 1.807) is 13.8 Å². The fourth-order valence-electron chi connectivity index (χ4n) is 1.86. The van der Waals surface area contributed by atoms with Crippen LogP contribution in [0.3, 0.4) is 0 Å². The van der Waals surface area contributed by atoms with E-state index in [4.69, 9.17) is 0 Å². The summed E-state index contributed by atoms with van der Waals surface area (Å²) in [7, 11) is 0. The SMILES string of the molecule is CCCN(CC(=O)Nc1ccc(F)c(F)c1F)C(=O)C=C(C)C. The number of amides is 2. The first-order valence-electron chi connectivity index (χ1n) is 7.13. The number of carbonyl (C=O) groups is 2. The van der Waals surface area contributed by atoms with E-state index in [1.165, 1.54) is 11.0 Å². The second-order valence-electron chi connectivity index (χ2n) is 5.25. The van der Waals surface area contributed by atoms with Crippen LogP contribution in [0, 0.1) is 17.5 Å². The van der Waals surface area contributed by atoms with Gasteiger partial charge in [-0.05, 0) is 32.4 Å². The summed E-state index contributed by atoms with van der Waals surface area (Å²) in [5.74, 6) is -5.51. The quantitative estimate of drug-likeness (QED) is 0.644. The summed E-state index contributed by atoms with van der Waals surface area (Å²) in [5.41, 5.74) is 0.308. The van der Waals surface area contributed by atoms with E-state index in [-0.39, 0.29) is 12.5 Å². The fraction of sp³-hybridized carbons (Fsp3) is 0.375. The third kappa shape index (κ3) is 5.43. The number of anilines is 1. The molecule has 0 aromatic heterocycles. The van der Waals surface area contributed by atoms with Crippen molar-refractivity contribution in [3.05, 3.63) is 41.2 Å². The second kappa shape index (κ2) is 8.36. The normalized spacial score (nSPS) is 10.2. The lowest BCUT2D eigenvalue weighted by Gasteiger charge is -2.20. The molecule has 1 aromatic carbocycles. The molecule has 7 heteroatoms. The molecule has 23 heavy (non-hydrogen) atoms. The van der Waals surface area contributed by atoms with Crippen LogP contribution >= 0.6 is 0 Å². The van der Waals surface area contributed by atoms with Gasteiger partial charge in [0.2, 0.25) is 11.8 Å². The van der Waals surface area contributed by atoms with Crippen molar-refractivity contribution in [2.75, 3.05) is 18.4 Å². The van der Waals surface area contributed by atoms with Crippen molar-refractivity contribution in [1.82, 2.24) is 4.90 Å². The van der Waals surface area contributed by atoms with E-state index in [0.29, 0.717) is 19.0 Å². The van der Waals surface area contributed by atoms with E-state index >= 15 is 0 Å². The largest absolute Gasteiger partial charge is 0.330 e.